The zero-order valence-corrected chi connectivity index (χ0v) is 9.96. The summed E-state index contributed by atoms with van der Waals surface area (Å²) in [5.41, 5.74) is 1.74. The Morgan fingerprint density at radius 1 is 1.41 bits per heavy atom. The van der Waals surface area contributed by atoms with Crippen molar-refractivity contribution in [2.24, 2.45) is 0 Å². The SMILES string of the molecule is CC(C)N1CCc2nn(CC(F)(F)F)cc2C1. The lowest BCUT2D eigenvalue weighted by atomic mass is 10.1. The molecule has 0 aromatic carbocycles. The van der Waals surface area contributed by atoms with Gasteiger partial charge in [-0.05, 0) is 13.8 Å². The average Bonchev–Trinajstić information content (AvgIpc) is 2.54. The van der Waals surface area contributed by atoms with Gasteiger partial charge in [0.15, 0.2) is 0 Å². The van der Waals surface area contributed by atoms with E-state index in [1.807, 2.05) is 0 Å². The summed E-state index contributed by atoms with van der Waals surface area (Å²) in [7, 11) is 0. The van der Waals surface area contributed by atoms with E-state index in [-0.39, 0.29) is 0 Å². The predicted molar refractivity (Wildman–Crippen MR) is 57.5 cm³/mol. The molecule has 0 saturated heterocycles. The van der Waals surface area contributed by atoms with Crippen molar-refractivity contribution in [1.82, 2.24) is 14.7 Å². The first kappa shape index (κ1) is 12.4. The van der Waals surface area contributed by atoms with Gasteiger partial charge in [0.05, 0.1) is 5.69 Å². The number of nitrogens with zero attached hydrogens (tertiary/aromatic N) is 3. The van der Waals surface area contributed by atoms with Crippen molar-refractivity contribution in [2.45, 2.75) is 45.6 Å². The van der Waals surface area contributed by atoms with Crippen LogP contribution in [0, 0.1) is 0 Å². The second kappa shape index (κ2) is 4.33. The zero-order chi connectivity index (χ0) is 12.6. The molecule has 17 heavy (non-hydrogen) atoms. The minimum Gasteiger partial charge on any atom is -0.296 e. The van der Waals surface area contributed by atoms with Crippen LogP contribution in [0.3, 0.4) is 0 Å². The van der Waals surface area contributed by atoms with Gasteiger partial charge in [0.2, 0.25) is 0 Å². The topological polar surface area (TPSA) is 21.1 Å². The highest BCUT2D eigenvalue weighted by molar-refractivity contribution is 5.20. The monoisotopic (exact) mass is 247 g/mol. The van der Waals surface area contributed by atoms with Gasteiger partial charge in [-0.15, -0.1) is 0 Å². The smallest absolute Gasteiger partial charge is 0.296 e. The summed E-state index contributed by atoms with van der Waals surface area (Å²) in [6.07, 6.45) is -1.94. The Morgan fingerprint density at radius 3 is 2.71 bits per heavy atom. The third-order valence-corrected chi connectivity index (χ3v) is 3.01. The first-order valence-electron chi connectivity index (χ1n) is 5.71. The highest BCUT2D eigenvalue weighted by Gasteiger charge is 2.30. The van der Waals surface area contributed by atoms with Crippen LogP contribution >= 0.6 is 0 Å². The molecule has 0 radical (unpaired) electrons. The van der Waals surface area contributed by atoms with Gasteiger partial charge in [-0.2, -0.15) is 18.3 Å². The summed E-state index contributed by atoms with van der Waals surface area (Å²) in [4.78, 5) is 2.24. The molecule has 1 aliphatic heterocycles. The van der Waals surface area contributed by atoms with Crippen LogP contribution in [0.4, 0.5) is 13.2 Å². The van der Waals surface area contributed by atoms with Gasteiger partial charge >= 0.3 is 6.18 Å². The van der Waals surface area contributed by atoms with Crippen LogP contribution in [0.5, 0.6) is 0 Å². The molecule has 0 aliphatic carbocycles. The van der Waals surface area contributed by atoms with Gasteiger partial charge in [0.1, 0.15) is 6.54 Å². The Labute approximate surface area is 98.2 Å². The molecule has 2 heterocycles. The molecule has 0 N–H and O–H groups in total. The van der Waals surface area contributed by atoms with E-state index in [2.05, 4.69) is 23.8 Å². The Bertz CT molecular complexity index is 395. The summed E-state index contributed by atoms with van der Waals surface area (Å²) >= 11 is 0. The minimum atomic E-state index is -4.20. The highest BCUT2D eigenvalue weighted by atomic mass is 19.4. The number of rotatable bonds is 2. The molecule has 0 spiro atoms. The summed E-state index contributed by atoms with van der Waals surface area (Å²) in [5.74, 6) is 0. The fraction of sp³-hybridized carbons (Fsp3) is 0.727. The van der Waals surface area contributed by atoms with Crippen LogP contribution in [-0.4, -0.2) is 33.4 Å². The van der Waals surface area contributed by atoms with E-state index in [4.69, 9.17) is 0 Å². The van der Waals surface area contributed by atoms with Crippen LogP contribution in [0.2, 0.25) is 0 Å². The number of hydrogen-bond donors (Lipinski definition) is 0. The van der Waals surface area contributed by atoms with Crippen molar-refractivity contribution < 1.29 is 13.2 Å². The van der Waals surface area contributed by atoms with Crippen LogP contribution in [0.25, 0.3) is 0 Å². The van der Waals surface area contributed by atoms with Crippen LogP contribution in [0.15, 0.2) is 6.20 Å². The summed E-state index contributed by atoms with van der Waals surface area (Å²) in [5, 5.41) is 4.00. The average molecular weight is 247 g/mol. The van der Waals surface area contributed by atoms with Gasteiger partial charge < -0.3 is 0 Å². The predicted octanol–water partition coefficient (Wildman–Crippen LogP) is 2.21. The largest absolute Gasteiger partial charge is 0.408 e. The first-order valence-corrected chi connectivity index (χ1v) is 5.71. The normalized spacial score (nSPS) is 17.5. The van der Waals surface area contributed by atoms with Crippen LogP contribution in [-0.2, 0) is 19.5 Å². The van der Waals surface area contributed by atoms with E-state index in [0.717, 1.165) is 28.9 Å². The molecule has 0 bridgehead atoms. The number of fused-ring (bicyclic) bond motifs is 1. The minimum absolute atomic E-state index is 0.411. The van der Waals surface area contributed by atoms with Crippen molar-refractivity contribution in [1.29, 1.82) is 0 Å². The number of aromatic nitrogens is 2. The van der Waals surface area contributed by atoms with Crippen molar-refractivity contribution >= 4 is 0 Å². The van der Waals surface area contributed by atoms with Crippen LogP contribution < -0.4 is 0 Å². The molecule has 0 fully saturated rings. The third kappa shape index (κ3) is 3.00. The van der Waals surface area contributed by atoms with Gasteiger partial charge in [-0.1, -0.05) is 0 Å². The van der Waals surface area contributed by atoms with Gasteiger partial charge in [0, 0.05) is 37.3 Å². The number of hydrogen-bond acceptors (Lipinski definition) is 2. The van der Waals surface area contributed by atoms with E-state index in [9.17, 15) is 13.2 Å². The van der Waals surface area contributed by atoms with Crippen molar-refractivity contribution in [3.8, 4) is 0 Å². The summed E-state index contributed by atoms with van der Waals surface area (Å²) in [6.45, 7) is 4.75. The lowest BCUT2D eigenvalue weighted by molar-refractivity contribution is -0.142. The van der Waals surface area contributed by atoms with Crippen LogP contribution in [0.1, 0.15) is 25.1 Å². The van der Waals surface area contributed by atoms with E-state index in [0.29, 0.717) is 12.6 Å². The second-order valence-corrected chi connectivity index (χ2v) is 4.73. The van der Waals surface area contributed by atoms with E-state index in [1.165, 1.54) is 6.20 Å². The lowest BCUT2D eigenvalue weighted by Crippen LogP contribution is -2.35. The molecular formula is C11H16F3N3. The van der Waals surface area contributed by atoms with Gasteiger partial charge in [0.25, 0.3) is 0 Å². The third-order valence-electron chi connectivity index (χ3n) is 3.01. The Morgan fingerprint density at radius 2 is 2.12 bits per heavy atom. The molecule has 0 unspecified atom stereocenters. The molecule has 96 valence electrons. The number of alkyl halides is 3. The maximum atomic E-state index is 12.2. The maximum Gasteiger partial charge on any atom is 0.408 e. The van der Waals surface area contributed by atoms with E-state index >= 15 is 0 Å². The highest BCUT2D eigenvalue weighted by Crippen LogP contribution is 2.22. The zero-order valence-electron chi connectivity index (χ0n) is 9.96. The first-order chi connectivity index (χ1) is 7.85. The van der Waals surface area contributed by atoms with Crippen molar-refractivity contribution in [2.75, 3.05) is 6.54 Å². The molecule has 3 nitrogen and oxygen atoms in total. The maximum absolute atomic E-state index is 12.2. The van der Waals surface area contributed by atoms with E-state index in [1.54, 1.807) is 0 Å². The molecule has 1 aromatic heterocycles. The molecule has 0 atom stereocenters. The summed E-state index contributed by atoms with van der Waals surface area (Å²) in [6, 6.07) is 0.411. The quantitative estimate of drug-likeness (QED) is 0.799. The summed E-state index contributed by atoms with van der Waals surface area (Å²) < 4.78 is 37.7. The van der Waals surface area contributed by atoms with E-state index < -0.39 is 12.7 Å². The fourth-order valence-corrected chi connectivity index (χ4v) is 2.10. The number of halogens is 3. The lowest BCUT2D eigenvalue weighted by Gasteiger charge is -2.29. The fourth-order valence-electron chi connectivity index (χ4n) is 2.10. The molecular weight excluding hydrogens is 231 g/mol. The van der Waals surface area contributed by atoms with Crippen molar-refractivity contribution in [3.05, 3.63) is 17.5 Å². The second-order valence-electron chi connectivity index (χ2n) is 4.73. The Kier molecular flexibility index (Phi) is 3.16. The molecule has 2 rings (SSSR count). The molecule has 1 aliphatic rings. The van der Waals surface area contributed by atoms with Gasteiger partial charge in [-0.25, -0.2) is 0 Å². The van der Waals surface area contributed by atoms with Gasteiger partial charge in [-0.3, -0.25) is 9.58 Å². The Hall–Kier alpha value is -1.04. The molecule has 0 amide bonds. The molecule has 1 aromatic rings. The Balaban J connectivity index is 2.12. The van der Waals surface area contributed by atoms with Crippen molar-refractivity contribution in [3.63, 3.8) is 0 Å². The standard InChI is InChI=1S/C11H16F3N3/c1-8(2)16-4-3-10-9(5-16)6-17(15-10)7-11(12,13)14/h6,8H,3-5,7H2,1-2H3. The molecule has 0 saturated carbocycles. The molecule has 6 heteroatoms.